The molecule has 1 aromatic heterocycles. The Balaban J connectivity index is 1.42. The Morgan fingerprint density at radius 2 is 1.97 bits per heavy atom. The number of thiophene rings is 1. The van der Waals surface area contributed by atoms with Crippen LogP contribution in [0.25, 0.3) is 0 Å². The third kappa shape index (κ3) is 4.81. The zero-order chi connectivity index (χ0) is 22.0. The summed E-state index contributed by atoms with van der Waals surface area (Å²) < 4.78 is 33.2. The molecule has 3 aromatic rings. The molecule has 4 rings (SSSR count). The lowest BCUT2D eigenvalue weighted by Crippen LogP contribution is -2.35. The minimum atomic E-state index is -3.50. The van der Waals surface area contributed by atoms with E-state index in [-0.39, 0.29) is 19.1 Å². The van der Waals surface area contributed by atoms with Gasteiger partial charge in [-0.1, -0.05) is 24.3 Å². The number of carbonyl (C=O) groups excluding carboxylic acids is 1. The second kappa shape index (κ2) is 8.82. The van der Waals surface area contributed by atoms with Gasteiger partial charge in [0.25, 0.3) is 15.9 Å². The van der Waals surface area contributed by atoms with Gasteiger partial charge >= 0.3 is 0 Å². The third-order valence-electron chi connectivity index (χ3n) is 5.26. The third-order valence-corrected chi connectivity index (χ3v) is 8.48. The van der Waals surface area contributed by atoms with Gasteiger partial charge in [0.15, 0.2) is 6.61 Å². The van der Waals surface area contributed by atoms with Crippen molar-refractivity contribution in [1.29, 1.82) is 0 Å². The number of nitrogens with one attached hydrogen (secondary N) is 1. The van der Waals surface area contributed by atoms with E-state index in [4.69, 9.17) is 4.74 Å². The summed E-state index contributed by atoms with van der Waals surface area (Å²) in [5.74, 6) is 0.426. The summed E-state index contributed by atoms with van der Waals surface area (Å²) in [4.78, 5) is 12.4. The Morgan fingerprint density at radius 3 is 2.74 bits per heavy atom. The van der Waals surface area contributed by atoms with E-state index < -0.39 is 10.0 Å². The van der Waals surface area contributed by atoms with Gasteiger partial charge < -0.3 is 10.1 Å². The van der Waals surface area contributed by atoms with Crippen LogP contribution in [0.2, 0.25) is 0 Å². The number of ether oxygens (including phenoxy) is 1. The van der Waals surface area contributed by atoms with Gasteiger partial charge in [-0.25, -0.2) is 8.42 Å². The summed E-state index contributed by atoms with van der Waals surface area (Å²) in [5, 5.41) is 4.61. The van der Waals surface area contributed by atoms with E-state index in [1.165, 1.54) is 15.6 Å². The molecule has 1 aliphatic heterocycles. The van der Waals surface area contributed by atoms with E-state index in [9.17, 15) is 13.2 Å². The maximum absolute atomic E-state index is 12.8. The molecule has 1 N–H and O–H groups in total. The van der Waals surface area contributed by atoms with Crippen LogP contribution in [0.5, 0.6) is 5.75 Å². The number of benzene rings is 2. The highest BCUT2D eigenvalue weighted by atomic mass is 32.2. The molecule has 0 fully saturated rings. The molecule has 0 saturated carbocycles. The summed E-state index contributed by atoms with van der Waals surface area (Å²) >= 11 is 1.22. The van der Waals surface area contributed by atoms with Crippen LogP contribution < -0.4 is 10.1 Å². The van der Waals surface area contributed by atoms with Crippen LogP contribution >= 0.6 is 11.3 Å². The lowest BCUT2D eigenvalue weighted by molar-refractivity contribution is -0.118. The van der Waals surface area contributed by atoms with Crippen LogP contribution in [0.1, 0.15) is 22.3 Å². The first-order chi connectivity index (χ1) is 14.8. The van der Waals surface area contributed by atoms with Gasteiger partial charge in [-0.05, 0) is 72.2 Å². The average molecular weight is 457 g/mol. The number of sulfonamides is 1. The molecule has 2 heterocycles. The molecule has 162 valence electrons. The fraction of sp³-hybridized carbons (Fsp3) is 0.261. The molecule has 0 unspecified atom stereocenters. The van der Waals surface area contributed by atoms with Crippen molar-refractivity contribution in [3.8, 4) is 5.75 Å². The predicted octanol–water partition coefficient (Wildman–Crippen LogP) is 4.13. The van der Waals surface area contributed by atoms with Crippen molar-refractivity contribution in [1.82, 2.24) is 4.31 Å². The van der Waals surface area contributed by atoms with E-state index in [1.54, 1.807) is 17.5 Å². The Bertz CT molecular complexity index is 1200. The molecule has 0 bridgehead atoms. The zero-order valence-corrected chi connectivity index (χ0v) is 19.1. The molecule has 1 aliphatic rings. The van der Waals surface area contributed by atoms with Gasteiger partial charge in [0.1, 0.15) is 9.96 Å². The maximum Gasteiger partial charge on any atom is 0.262 e. The number of nitrogens with zero attached hydrogens (tertiary/aromatic N) is 1. The number of rotatable bonds is 6. The van der Waals surface area contributed by atoms with E-state index >= 15 is 0 Å². The first-order valence-corrected chi connectivity index (χ1v) is 12.3. The van der Waals surface area contributed by atoms with Gasteiger partial charge in [0, 0.05) is 18.8 Å². The van der Waals surface area contributed by atoms with Crippen molar-refractivity contribution in [3.63, 3.8) is 0 Å². The first kappa shape index (κ1) is 21.5. The largest absolute Gasteiger partial charge is 0.483 e. The minimum absolute atomic E-state index is 0.0970. The quantitative estimate of drug-likeness (QED) is 0.605. The number of aryl methyl sites for hydroxylation is 2. The molecule has 8 heteroatoms. The average Bonchev–Trinajstić information content (AvgIpc) is 3.30. The molecule has 31 heavy (non-hydrogen) atoms. The molecule has 0 radical (unpaired) electrons. The van der Waals surface area contributed by atoms with Gasteiger partial charge in [0.05, 0.1) is 0 Å². The lowest BCUT2D eigenvalue weighted by atomic mass is 10.0. The summed E-state index contributed by atoms with van der Waals surface area (Å²) in [6.45, 7) is 4.55. The summed E-state index contributed by atoms with van der Waals surface area (Å²) in [6, 6.07) is 14.9. The molecule has 1 amide bonds. The van der Waals surface area contributed by atoms with Crippen molar-refractivity contribution < 1.29 is 17.9 Å². The smallest absolute Gasteiger partial charge is 0.262 e. The number of hydrogen-bond acceptors (Lipinski definition) is 5. The molecule has 2 aromatic carbocycles. The van der Waals surface area contributed by atoms with Crippen LogP contribution in [0.15, 0.2) is 58.1 Å². The molecule has 0 aliphatic carbocycles. The Labute approximate surface area is 186 Å². The zero-order valence-electron chi connectivity index (χ0n) is 17.4. The minimum Gasteiger partial charge on any atom is -0.483 e. The standard InChI is InChI=1S/C23H24N2O4S2/c1-16-5-6-17(2)21(12-16)29-15-22(26)24-20-8-7-18-9-10-25(14-19(18)13-20)31(27,28)23-4-3-11-30-23/h3-8,11-13H,9-10,14-15H2,1-2H3,(H,24,26). The topological polar surface area (TPSA) is 75.7 Å². The number of carbonyl (C=O) groups is 1. The fourth-order valence-corrected chi connectivity index (χ4v) is 6.12. The SMILES string of the molecule is Cc1ccc(C)c(OCC(=O)Nc2ccc3c(c2)CN(S(=O)(=O)c2cccs2)CC3)c1. The Morgan fingerprint density at radius 1 is 1.13 bits per heavy atom. The molecule has 6 nitrogen and oxygen atoms in total. The van der Waals surface area contributed by atoms with Crippen molar-refractivity contribution >= 4 is 33.0 Å². The van der Waals surface area contributed by atoms with Crippen LogP contribution in [0.4, 0.5) is 5.69 Å². The fourth-order valence-electron chi connectivity index (χ4n) is 3.55. The van der Waals surface area contributed by atoms with Crippen molar-refractivity contribution in [2.24, 2.45) is 0 Å². The molecular formula is C23H24N2O4S2. The second-order valence-corrected chi connectivity index (χ2v) is 10.7. The molecule has 0 atom stereocenters. The van der Waals surface area contributed by atoms with Crippen LogP contribution in [-0.4, -0.2) is 31.8 Å². The van der Waals surface area contributed by atoms with Crippen molar-refractivity contribution in [2.75, 3.05) is 18.5 Å². The summed E-state index contributed by atoms with van der Waals surface area (Å²) in [6.07, 6.45) is 0.643. The number of hydrogen-bond donors (Lipinski definition) is 1. The first-order valence-electron chi connectivity index (χ1n) is 9.98. The van der Waals surface area contributed by atoms with Gasteiger partial charge in [0.2, 0.25) is 0 Å². The van der Waals surface area contributed by atoms with E-state index in [0.717, 1.165) is 22.3 Å². The van der Waals surface area contributed by atoms with Crippen molar-refractivity contribution in [2.45, 2.75) is 31.0 Å². The molecular weight excluding hydrogens is 432 g/mol. The summed E-state index contributed by atoms with van der Waals surface area (Å²) in [5.41, 5.74) is 4.67. The van der Waals surface area contributed by atoms with Gasteiger partial charge in [-0.3, -0.25) is 4.79 Å². The monoisotopic (exact) mass is 456 g/mol. The highest BCUT2D eigenvalue weighted by Crippen LogP contribution is 2.28. The van der Waals surface area contributed by atoms with E-state index in [0.29, 0.717) is 28.6 Å². The van der Waals surface area contributed by atoms with Gasteiger partial charge in [-0.15, -0.1) is 11.3 Å². The second-order valence-electron chi connectivity index (χ2n) is 7.61. The number of fused-ring (bicyclic) bond motifs is 1. The maximum atomic E-state index is 12.8. The predicted molar refractivity (Wildman–Crippen MR) is 122 cm³/mol. The van der Waals surface area contributed by atoms with E-state index in [1.807, 2.05) is 50.2 Å². The number of anilines is 1. The van der Waals surface area contributed by atoms with Crippen LogP contribution in [0, 0.1) is 13.8 Å². The van der Waals surface area contributed by atoms with E-state index in [2.05, 4.69) is 5.32 Å². The van der Waals surface area contributed by atoms with Crippen LogP contribution in [0.3, 0.4) is 0 Å². The molecule has 0 spiro atoms. The van der Waals surface area contributed by atoms with Gasteiger partial charge in [-0.2, -0.15) is 4.31 Å². The Kier molecular flexibility index (Phi) is 6.13. The molecule has 0 saturated heterocycles. The number of amides is 1. The highest BCUT2D eigenvalue weighted by molar-refractivity contribution is 7.91. The normalized spacial score (nSPS) is 14.1. The summed E-state index contributed by atoms with van der Waals surface area (Å²) in [7, 11) is -3.50. The Hall–Kier alpha value is -2.68. The highest BCUT2D eigenvalue weighted by Gasteiger charge is 2.29. The lowest BCUT2D eigenvalue weighted by Gasteiger charge is -2.28. The van der Waals surface area contributed by atoms with Crippen LogP contribution in [-0.2, 0) is 27.8 Å². The van der Waals surface area contributed by atoms with Crippen molar-refractivity contribution in [3.05, 3.63) is 76.2 Å².